The molecule has 0 radical (unpaired) electrons. The van der Waals surface area contributed by atoms with Crippen LogP contribution in [0.2, 0.25) is 0 Å². The van der Waals surface area contributed by atoms with Crippen LogP contribution in [0.4, 0.5) is 5.69 Å². The molecule has 1 saturated heterocycles. The van der Waals surface area contributed by atoms with Gasteiger partial charge >= 0.3 is 0 Å². The van der Waals surface area contributed by atoms with Gasteiger partial charge in [-0.15, -0.1) is 0 Å². The van der Waals surface area contributed by atoms with Gasteiger partial charge in [0.2, 0.25) is 0 Å². The third kappa shape index (κ3) is 3.34. The molecular formula is C18H28N2O. The zero-order valence-electron chi connectivity index (χ0n) is 13.3. The maximum absolute atomic E-state index is 5.30. The third-order valence-electron chi connectivity index (χ3n) is 5.21. The highest BCUT2D eigenvalue weighted by atomic mass is 16.5. The Bertz CT molecular complexity index is 468. The van der Waals surface area contributed by atoms with E-state index in [1.165, 1.54) is 56.3 Å². The molecule has 0 amide bonds. The van der Waals surface area contributed by atoms with Crippen molar-refractivity contribution in [1.82, 2.24) is 5.32 Å². The van der Waals surface area contributed by atoms with Gasteiger partial charge in [-0.1, -0.05) is 12.8 Å². The average molecular weight is 288 g/mol. The van der Waals surface area contributed by atoms with E-state index in [-0.39, 0.29) is 0 Å². The predicted molar refractivity (Wildman–Crippen MR) is 88.1 cm³/mol. The second-order valence-electron chi connectivity index (χ2n) is 6.58. The van der Waals surface area contributed by atoms with Crippen molar-refractivity contribution in [1.29, 1.82) is 0 Å². The first-order valence-corrected chi connectivity index (χ1v) is 8.42. The van der Waals surface area contributed by atoms with Crippen molar-refractivity contribution in [2.75, 3.05) is 19.0 Å². The van der Waals surface area contributed by atoms with Crippen LogP contribution in [-0.2, 0) is 0 Å². The minimum atomic E-state index is 0.618. The molecule has 3 atom stereocenters. The Hall–Kier alpha value is -1.22. The van der Waals surface area contributed by atoms with Gasteiger partial charge in [0.05, 0.1) is 7.11 Å². The number of piperidine rings is 1. The molecule has 3 rings (SSSR count). The Morgan fingerprint density at radius 2 is 2.05 bits per heavy atom. The van der Waals surface area contributed by atoms with Crippen molar-refractivity contribution in [2.24, 2.45) is 5.92 Å². The van der Waals surface area contributed by atoms with Crippen molar-refractivity contribution in [3.8, 4) is 5.75 Å². The molecule has 3 unspecified atom stereocenters. The van der Waals surface area contributed by atoms with E-state index in [1.54, 1.807) is 7.11 Å². The van der Waals surface area contributed by atoms with Crippen molar-refractivity contribution in [3.05, 3.63) is 23.8 Å². The number of nitrogens with one attached hydrogen (secondary N) is 2. The van der Waals surface area contributed by atoms with E-state index in [4.69, 9.17) is 4.74 Å². The maximum Gasteiger partial charge on any atom is 0.119 e. The van der Waals surface area contributed by atoms with Crippen LogP contribution in [0.1, 0.15) is 44.1 Å². The molecule has 1 aliphatic carbocycles. The predicted octanol–water partition coefficient (Wildman–Crippen LogP) is 3.73. The molecule has 1 aliphatic heterocycles. The van der Waals surface area contributed by atoms with Crippen LogP contribution in [0.15, 0.2) is 18.2 Å². The van der Waals surface area contributed by atoms with E-state index in [9.17, 15) is 0 Å². The van der Waals surface area contributed by atoms with Gasteiger partial charge < -0.3 is 15.4 Å². The van der Waals surface area contributed by atoms with Gasteiger partial charge in [0, 0.05) is 17.8 Å². The second-order valence-corrected chi connectivity index (χ2v) is 6.58. The van der Waals surface area contributed by atoms with Crippen LogP contribution in [-0.4, -0.2) is 25.7 Å². The molecule has 2 aliphatic rings. The van der Waals surface area contributed by atoms with Crippen LogP contribution in [0.25, 0.3) is 0 Å². The number of benzene rings is 1. The number of hydrogen-bond donors (Lipinski definition) is 2. The number of rotatable bonds is 4. The Labute approximate surface area is 128 Å². The fourth-order valence-corrected chi connectivity index (χ4v) is 4.02. The lowest BCUT2D eigenvalue weighted by Crippen LogP contribution is -2.44. The molecule has 2 fully saturated rings. The molecule has 0 aromatic heterocycles. The quantitative estimate of drug-likeness (QED) is 0.886. The van der Waals surface area contributed by atoms with Gasteiger partial charge in [-0.2, -0.15) is 0 Å². The van der Waals surface area contributed by atoms with E-state index in [0.29, 0.717) is 6.04 Å². The molecule has 3 nitrogen and oxygen atoms in total. The summed E-state index contributed by atoms with van der Waals surface area (Å²) in [4.78, 5) is 0. The number of aryl methyl sites for hydroxylation is 1. The summed E-state index contributed by atoms with van der Waals surface area (Å²) < 4.78 is 5.30. The zero-order chi connectivity index (χ0) is 14.7. The Morgan fingerprint density at radius 1 is 1.14 bits per heavy atom. The van der Waals surface area contributed by atoms with Crippen molar-refractivity contribution >= 4 is 5.69 Å². The Balaban J connectivity index is 1.68. The van der Waals surface area contributed by atoms with Crippen molar-refractivity contribution in [3.63, 3.8) is 0 Å². The lowest BCUT2D eigenvalue weighted by molar-refractivity contribution is 0.286. The van der Waals surface area contributed by atoms with Gasteiger partial charge in [-0.25, -0.2) is 0 Å². The number of hydrogen-bond acceptors (Lipinski definition) is 3. The molecule has 3 heteroatoms. The fraction of sp³-hybridized carbons (Fsp3) is 0.667. The maximum atomic E-state index is 5.30. The molecule has 1 heterocycles. The van der Waals surface area contributed by atoms with Gasteiger partial charge in [-0.3, -0.25) is 0 Å². The van der Waals surface area contributed by atoms with Crippen LogP contribution >= 0.6 is 0 Å². The van der Waals surface area contributed by atoms with Crippen LogP contribution < -0.4 is 15.4 Å². The molecule has 1 saturated carbocycles. The Kier molecular flexibility index (Phi) is 4.69. The zero-order valence-corrected chi connectivity index (χ0v) is 13.3. The smallest absolute Gasteiger partial charge is 0.119 e. The lowest BCUT2D eigenvalue weighted by atomic mass is 9.88. The summed E-state index contributed by atoms with van der Waals surface area (Å²) in [6.07, 6.45) is 8.11. The summed E-state index contributed by atoms with van der Waals surface area (Å²) in [6.45, 7) is 3.36. The number of ether oxygens (including phenoxy) is 1. The molecular weight excluding hydrogens is 260 g/mol. The summed E-state index contributed by atoms with van der Waals surface area (Å²) in [5.41, 5.74) is 2.54. The average Bonchev–Trinajstić information content (AvgIpc) is 2.98. The largest absolute Gasteiger partial charge is 0.497 e. The summed E-state index contributed by atoms with van der Waals surface area (Å²) in [5, 5.41) is 7.56. The number of anilines is 1. The van der Waals surface area contributed by atoms with E-state index in [0.717, 1.165) is 17.7 Å². The highest BCUT2D eigenvalue weighted by Crippen LogP contribution is 2.34. The SMILES string of the molecule is COc1ccc(NC2CCCC2C2CCCCN2)c(C)c1. The van der Waals surface area contributed by atoms with E-state index >= 15 is 0 Å². The molecule has 116 valence electrons. The topological polar surface area (TPSA) is 33.3 Å². The van der Waals surface area contributed by atoms with Crippen molar-refractivity contribution in [2.45, 2.75) is 57.5 Å². The van der Waals surface area contributed by atoms with Gasteiger partial charge in [0.25, 0.3) is 0 Å². The third-order valence-corrected chi connectivity index (χ3v) is 5.21. The normalized spacial score (nSPS) is 29.3. The summed E-state index contributed by atoms with van der Waals surface area (Å²) in [6, 6.07) is 7.67. The van der Waals surface area contributed by atoms with Gasteiger partial charge in [0.15, 0.2) is 0 Å². The summed E-state index contributed by atoms with van der Waals surface area (Å²) in [5.74, 6) is 1.72. The van der Waals surface area contributed by atoms with E-state index in [1.807, 2.05) is 0 Å². The minimum Gasteiger partial charge on any atom is -0.497 e. The standard InChI is InChI=1S/C18H28N2O/c1-13-12-14(21-2)9-10-16(13)20-18-8-5-6-15(18)17-7-3-4-11-19-17/h9-10,12,15,17-20H,3-8,11H2,1-2H3. The Morgan fingerprint density at radius 3 is 2.76 bits per heavy atom. The minimum absolute atomic E-state index is 0.618. The van der Waals surface area contributed by atoms with Crippen LogP contribution in [0.3, 0.4) is 0 Å². The van der Waals surface area contributed by atoms with Gasteiger partial charge in [0.1, 0.15) is 5.75 Å². The first-order valence-electron chi connectivity index (χ1n) is 8.42. The van der Waals surface area contributed by atoms with Crippen LogP contribution in [0.5, 0.6) is 5.75 Å². The first kappa shape index (κ1) is 14.7. The highest BCUT2D eigenvalue weighted by Gasteiger charge is 2.34. The molecule has 0 spiro atoms. The first-order chi connectivity index (χ1) is 10.3. The fourth-order valence-electron chi connectivity index (χ4n) is 4.02. The molecule has 21 heavy (non-hydrogen) atoms. The molecule has 1 aromatic rings. The monoisotopic (exact) mass is 288 g/mol. The lowest BCUT2D eigenvalue weighted by Gasteiger charge is -2.33. The summed E-state index contributed by atoms with van der Waals surface area (Å²) in [7, 11) is 1.73. The van der Waals surface area contributed by atoms with Gasteiger partial charge in [-0.05, 0) is 68.8 Å². The number of methoxy groups -OCH3 is 1. The summed E-state index contributed by atoms with van der Waals surface area (Å²) >= 11 is 0. The van der Waals surface area contributed by atoms with Crippen molar-refractivity contribution < 1.29 is 4.74 Å². The van der Waals surface area contributed by atoms with E-state index < -0.39 is 0 Å². The van der Waals surface area contributed by atoms with E-state index in [2.05, 4.69) is 35.8 Å². The highest BCUT2D eigenvalue weighted by molar-refractivity contribution is 5.54. The molecule has 2 N–H and O–H groups in total. The molecule has 0 bridgehead atoms. The van der Waals surface area contributed by atoms with Crippen LogP contribution in [0, 0.1) is 12.8 Å². The second kappa shape index (κ2) is 6.69. The molecule has 1 aromatic carbocycles.